The van der Waals surface area contributed by atoms with Crippen molar-refractivity contribution in [2.45, 2.75) is 57.7 Å². The van der Waals surface area contributed by atoms with Crippen LogP contribution in [-0.4, -0.2) is 29.4 Å². The standard InChI is InChI=1S/C14H22O4/c1-10(2)14(6-5-12-4-3-7-17-12)9-11(15)8-13(16)18-14/h8,10,12,15H,3-7,9H2,1-2H3. The van der Waals surface area contributed by atoms with Crippen molar-refractivity contribution in [3.8, 4) is 0 Å². The first kappa shape index (κ1) is 13.4. The Labute approximate surface area is 108 Å². The van der Waals surface area contributed by atoms with Crippen molar-refractivity contribution in [2.24, 2.45) is 5.92 Å². The fourth-order valence-electron chi connectivity index (χ4n) is 2.79. The smallest absolute Gasteiger partial charge is 0.334 e. The first-order valence-electron chi connectivity index (χ1n) is 6.76. The SMILES string of the molecule is CC(C)C1(CCC2CCCO2)CC(O)=CC(=O)O1. The summed E-state index contributed by atoms with van der Waals surface area (Å²) in [4.78, 5) is 11.5. The van der Waals surface area contributed by atoms with Crippen LogP contribution in [0.2, 0.25) is 0 Å². The van der Waals surface area contributed by atoms with Crippen molar-refractivity contribution in [3.63, 3.8) is 0 Å². The van der Waals surface area contributed by atoms with Crippen molar-refractivity contribution in [3.05, 3.63) is 11.8 Å². The molecule has 0 amide bonds. The third-order valence-electron chi connectivity index (χ3n) is 4.03. The van der Waals surface area contributed by atoms with Crippen molar-refractivity contribution in [1.82, 2.24) is 0 Å². The lowest BCUT2D eigenvalue weighted by Gasteiger charge is -2.39. The molecule has 2 atom stereocenters. The average molecular weight is 254 g/mol. The van der Waals surface area contributed by atoms with Crippen molar-refractivity contribution in [1.29, 1.82) is 0 Å². The summed E-state index contributed by atoms with van der Waals surface area (Å²) in [6.07, 6.45) is 5.72. The van der Waals surface area contributed by atoms with Crippen molar-refractivity contribution < 1.29 is 19.4 Å². The van der Waals surface area contributed by atoms with Crippen molar-refractivity contribution in [2.75, 3.05) is 6.61 Å². The van der Waals surface area contributed by atoms with Gasteiger partial charge in [0.15, 0.2) is 0 Å². The van der Waals surface area contributed by atoms with E-state index in [2.05, 4.69) is 0 Å². The predicted octanol–water partition coefficient (Wildman–Crippen LogP) is 2.73. The number of carbonyl (C=O) groups excluding carboxylic acids is 1. The highest BCUT2D eigenvalue weighted by atomic mass is 16.6. The summed E-state index contributed by atoms with van der Waals surface area (Å²) >= 11 is 0. The third kappa shape index (κ3) is 2.86. The molecule has 2 aliphatic heterocycles. The number of aliphatic hydroxyl groups is 1. The summed E-state index contributed by atoms with van der Waals surface area (Å²) in [7, 11) is 0. The van der Waals surface area contributed by atoms with Gasteiger partial charge >= 0.3 is 5.97 Å². The highest BCUT2D eigenvalue weighted by Gasteiger charge is 2.41. The second-order valence-electron chi connectivity index (χ2n) is 5.63. The molecule has 18 heavy (non-hydrogen) atoms. The van der Waals surface area contributed by atoms with Crippen LogP contribution in [-0.2, 0) is 14.3 Å². The molecule has 0 saturated carbocycles. The Balaban J connectivity index is 2.02. The summed E-state index contributed by atoms with van der Waals surface area (Å²) in [6.45, 7) is 4.90. The maximum absolute atomic E-state index is 11.5. The molecule has 2 unspecified atom stereocenters. The van der Waals surface area contributed by atoms with Gasteiger partial charge in [-0.25, -0.2) is 4.79 Å². The normalized spacial score (nSPS) is 32.5. The predicted molar refractivity (Wildman–Crippen MR) is 67.2 cm³/mol. The van der Waals surface area contributed by atoms with Crippen molar-refractivity contribution >= 4 is 5.97 Å². The minimum Gasteiger partial charge on any atom is -0.512 e. The van der Waals surface area contributed by atoms with Gasteiger partial charge < -0.3 is 14.6 Å². The van der Waals surface area contributed by atoms with Crippen LogP contribution in [0.15, 0.2) is 11.8 Å². The molecule has 0 aromatic heterocycles. The second kappa shape index (κ2) is 5.31. The molecule has 4 nitrogen and oxygen atoms in total. The largest absolute Gasteiger partial charge is 0.512 e. The molecule has 0 aliphatic carbocycles. The van der Waals surface area contributed by atoms with Gasteiger partial charge in [-0.1, -0.05) is 13.8 Å². The minimum absolute atomic E-state index is 0.132. The fourth-order valence-corrected chi connectivity index (χ4v) is 2.79. The Bertz CT molecular complexity index is 342. The Hall–Kier alpha value is -1.03. The van der Waals surface area contributed by atoms with E-state index in [1.165, 1.54) is 6.08 Å². The molecule has 4 heteroatoms. The third-order valence-corrected chi connectivity index (χ3v) is 4.03. The van der Waals surface area contributed by atoms with Gasteiger partial charge in [-0.2, -0.15) is 0 Å². The van der Waals surface area contributed by atoms with E-state index in [9.17, 15) is 9.90 Å². The lowest BCUT2D eigenvalue weighted by atomic mass is 9.80. The Morgan fingerprint density at radius 1 is 1.56 bits per heavy atom. The molecule has 0 aromatic carbocycles. The molecule has 102 valence electrons. The first-order chi connectivity index (χ1) is 8.52. The molecule has 0 bridgehead atoms. The zero-order valence-corrected chi connectivity index (χ0v) is 11.1. The monoisotopic (exact) mass is 254 g/mol. The lowest BCUT2D eigenvalue weighted by molar-refractivity contribution is -0.165. The lowest BCUT2D eigenvalue weighted by Crippen LogP contribution is -2.43. The quantitative estimate of drug-likeness (QED) is 0.784. The molecule has 1 saturated heterocycles. The van der Waals surface area contributed by atoms with E-state index in [0.717, 1.165) is 32.3 Å². The Morgan fingerprint density at radius 3 is 2.89 bits per heavy atom. The van der Waals surface area contributed by atoms with Gasteiger partial charge in [0.25, 0.3) is 0 Å². The topological polar surface area (TPSA) is 55.8 Å². The molecule has 2 rings (SSSR count). The van der Waals surface area contributed by atoms with E-state index in [4.69, 9.17) is 9.47 Å². The first-order valence-corrected chi connectivity index (χ1v) is 6.76. The summed E-state index contributed by atoms with van der Waals surface area (Å²) in [5, 5.41) is 9.69. The van der Waals surface area contributed by atoms with E-state index in [1.807, 2.05) is 13.8 Å². The van der Waals surface area contributed by atoms with E-state index in [0.29, 0.717) is 6.42 Å². The molecule has 1 N–H and O–H groups in total. The van der Waals surface area contributed by atoms with E-state index < -0.39 is 11.6 Å². The fraction of sp³-hybridized carbons (Fsp3) is 0.786. The Kier molecular flexibility index (Phi) is 3.95. The molecule has 1 fully saturated rings. The number of aliphatic hydroxyl groups excluding tert-OH is 1. The maximum atomic E-state index is 11.5. The number of carbonyl (C=O) groups is 1. The minimum atomic E-state index is -0.568. The molecule has 2 aliphatic rings. The molecule has 2 heterocycles. The van der Waals surface area contributed by atoms with E-state index in [1.54, 1.807) is 0 Å². The number of hydrogen-bond acceptors (Lipinski definition) is 4. The summed E-state index contributed by atoms with van der Waals surface area (Å²) in [5.74, 6) is -0.120. The molecular weight excluding hydrogens is 232 g/mol. The summed E-state index contributed by atoms with van der Waals surface area (Å²) < 4.78 is 11.1. The van der Waals surface area contributed by atoms with Gasteiger partial charge in [-0.15, -0.1) is 0 Å². The van der Waals surface area contributed by atoms with Gasteiger partial charge in [0, 0.05) is 13.0 Å². The van der Waals surface area contributed by atoms with Crippen LogP contribution in [0, 0.1) is 5.92 Å². The summed E-state index contributed by atoms with van der Waals surface area (Å²) in [6, 6.07) is 0. The summed E-state index contributed by atoms with van der Waals surface area (Å²) in [5.41, 5.74) is -0.568. The highest BCUT2D eigenvalue weighted by Crippen LogP contribution is 2.37. The average Bonchev–Trinajstić information content (AvgIpc) is 2.77. The zero-order valence-electron chi connectivity index (χ0n) is 11.1. The molecular formula is C14H22O4. The molecule has 0 aromatic rings. The number of rotatable bonds is 4. The number of hydrogen-bond donors (Lipinski definition) is 1. The highest BCUT2D eigenvalue weighted by molar-refractivity contribution is 5.83. The van der Waals surface area contributed by atoms with E-state index >= 15 is 0 Å². The van der Waals surface area contributed by atoms with Gasteiger partial charge in [0.1, 0.15) is 11.4 Å². The van der Waals surface area contributed by atoms with E-state index in [-0.39, 0.29) is 17.8 Å². The van der Waals surface area contributed by atoms with Crippen LogP contribution in [0.1, 0.15) is 46.0 Å². The van der Waals surface area contributed by atoms with Gasteiger partial charge in [0.2, 0.25) is 0 Å². The van der Waals surface area contributed by atoms with Crippen LogP contribution < -0.4 is 0 Å². The zero-order chi connectivity index (χ0) is 13.2. The Morgan fingerprint density at radius 2 is 2.33 bits per heavy atom. The molecule has 0 spiro atoms. The van der Waals surface area contributed by atoms with Crippen LogP contribution in [0.3, 0.4) is 0 Å². The number of esters is 1. The van der Waals surface area contributed by atoms with Crippen LogP contribution in [0.25, 0.3) is 0 Å². The second-order valence-corrected chi connectivity index (χ2v) is 5.63. The van der Waals surface area contributed by atoms with Gasteiger partial charge in [-0.3, -0.25) is 0 Å². The van der Waals surface area contributed by atoms with Crippen LogP contribution >= 0.6 is 0 Å². The molecule has 0 radical (unpaired) electrons. The van der Waals surface area contributed by atoms with Crippen LogP contribution in [0.5, 0.6) is 0 Å². The van der Waals surface area contributed by atoms with Crippen LogP contribution in [0.4, 0.5) is 0 Å². The van der Waals surface area contributed by atoms with Gasteiger partial charge in [-0.05, 0) is 31.6 Å². The number of cyclic esters (lactones) is 1. The number of ether oxygens (including phenoxy) is 2. The maximum Gasteiger partial charge on any atom is 0.334 e. The van der Waals surface area contributed by atoms with Gasteiger partial charge in [0.05, 0.1) is 12.2 Å².